The molecule has 19 heavy (non-hydrogen) atoms. The van der Waals surface area contributed by atoms with E-state index in [0.29, 0.717) is 17.2 Å². The molecule has 1 saturated carbocycles. The molecule has 1 fully saturated rings. The quantitative estimate of drug-likeness (QED) is 0.817. The molecule has 1 aromatic rings. The largest absolute Gasteiger partial charge is 0.333 e. The fourth-order valence-corrected chi connectivity index (χ4v) is 2.18. The van der Waals surface area contributed by atoms with Crippen LogP contribution < -0.4 is 10.6 Å². The second-order valence-electron chi connectivity index (χ2n) is 5.71. The van der Waals surface area contributed by atoms with Crippen LogP contribution in [-0.2, 0) is 0 Å². The molecule has 0 atom stereocenters. The SMILES string of the molecule is CC(=O)c1cccc(NC(=O)NC(C)(C)C2CC2)c1. The zero-order valence-corrected chi connectivity index (χ0v) is 11.6. The number of urea groups is 1. The number of hydrogen-bond acceptors (Lipinski definition) is 2. The third-order valence-corrected chi connectivity index (χ3v) is 3.56. The molecular formula is C15H20N2O2. The van der Waals surface area contributed by atoms with Gasteiger partial charge in [0.25, 0.3) is 0 Å². The van der Waals surface area contributed by atoms with Crippen LogP contribution in [0.25, 0.3) is 0 Å². The van der Waals surface area contributed by atoms with Gasteiger partial charge in [0.15, 0.2) is 5.78 Å². The summed E-state index contributed by atoms with van der Waals surface area (Å²) in [4.78, 5) is 23.2. The average molecular weight is 260 g/mol. The average Bonchev–Trinajstić information content (AvgIpc) is 3.12. The Hall–Kier alpha value is -1.84. The lowest BCUT2D eigenvalue weighted by Crippen LogP contribution is -2.47. The van der Waals surface area contributed by atoms with Crippen molar-refractivity contribution in [1.82, 2.24) is 5.32 Å². The van der Waals surface area contributed by atoms with Gasteiger partial charge >= 0.3 is 6.03 Å². The van der Waals surface area contributed by atoms with Crippen molar-refractivity contribution in [2.24, 2.45) is 5.92 Å². The number of hydrogen-bond donors (Lipinski definition) is 2. The highest BCUT2D eigenvalue weighted by Gasteiger charge is 2.38. The molecule has 0 radical (unpaired) electrons. The summed E-state index contributed by atoms with van der Waals surface area (Å²) in [6, 6.07) is 6.73. The Morgan fingerprint density at radius 2 is 1.95 bits per heavy atom. The Labute approximate surface area is 113 Å². The molecule has 2 N–H and O–H groups in total. The molecule has 0 bridgehead atoms. The fraction of sp³-hybridized carbons (Fsp3) is 0.467. The smallest absolute Gasteiger partial charge is 0.319 e. The van der Waals surface area contributed by atoms with Crippen LogP contribution in [-0.4, -0.2) is 17.4 Å². The minimum atomic E-state index is -0.224. The highest BCUT2D eigenvalue weighted by atomic mass is 16.2. The van der Waals surface area contributed by atoms with Crippen LogP contribution in [0.1, 0.15) is 44.0 Å². The number of anilines is 1. The summed E-state index contributed by atoms with van der Waals surface area (Å²) in [5, 5.41) is 5.75. The van der Waals surface area contributed by atoms with Crippen LogP contribution in [0.5, 0.6) is 0 Å². The monoisotopic (exact) mass is 260 g/mol. The zero-order valence-electron chi connectivity index (χ0n) is 11.6. The van der Waals surface area contributed by atoms with Gasteiger partial charge in [-0.2, -0.15) is 0 Å². The first-order valence-electron chi connectivity index (χ1n) is 6.58. The minimum Gasteiger partial charge on any atom is -0.333 e. The molecule has 0 unspecified atom stereocenters. The standard InChI is InChI=1S/C15H20N2O2/c1-10(18)11-5-4-6-13(9-11)16-14(19)17-15(2,3)12-7-8-12/h4-6,9,12H,7-8H2,1-3H3,(H2,16,17,19). The second kappa shape index (κ2) is 5.03. The van der Waals surface area contributed by atoms with Gasteiger partial charge in [-0.05, 0) is 51.7 Å². The van der Waals surface area contributed by atoms with Crippen LogP contribution in [0.3, 0.4) is 0 Å². The van der Waals surface area contributed by atoms with Crippen LogP contribution >= 0.6 is 0 Å². The van der Waals surface area contributed by atoms with Crippen molar-refractivity contribution in [3.8, 4) is 0 Å². The van der Waals surface area contributed by atoms with Crippen molar-refractivity contribution in [2.45, 2.75) is 39.2 Å². The van der Waals surface area contributed by atoms with E-state index in [2.05, 4.69) is 10.6 Å². The Bertz CT molecular complexity index is 505. The topological polar surface area (TPSA) is 58.2 Å². The summed E-state index contributed by atoms with van der Waals surface area (Å²) in [5.41, 5.74) is 1.05. The van der Waals surface area contributed by atoms with Crippen molar-refractivity contribution in [3.05, 3.63) is 29.8 Å². The maximum atomic E-state index is 11.9. The number of benzene rings is 1. The molecular weight excluding hydrogens is 240 g/mol. The summed E-state index contributed by atoms with van der Waals surface area (Å²) in [6.45, 7) is 5.59. The molecule has 4 heteroatoms. The molecule has 0 aromatic heterocycles. The van der Waals surface area contributed by atoms with Gasteiger partial charge in [0.2, 0.25) is 0 Å². The van der Waals surface area contributed by atoms with Crippen molar-refractivity contribution in [3.63, 3.8) is 0 Å². The maximum absolute atomic E-state index is 11.9. The van der Waals surface area contributed by atoms with Crippen molar-refractivity contribution in [2.75, 3.05) is 5.32 Å². The normalized spacial score (nSPS) is 14.9. The Morgan fingerprint density at radius 1 is 1.26 bits per heavy atom. The number of carbonyl (C=O) groups excluding carboxylic acids is 2. The lowest BCUT2D eigenvalue weighted by Gasteiger charge is -2.26. The fourth-order valence-electron chi connectivity index (χ4n) is 2.18. The first-order valence-corrected chi connectivity index (χ1v) is 6.58. The number of Topliss-reactive ketones (excluding diaryl/α,β-unsaturated/α-hetero) is 1. The number of carbonyl (C=O) groups is 2. The molecule has 0 heterocycles. The van der Waals surface area contributed by atoms with Gasteiger partial charge in [0, 0.05) is 16.8 Å². The molecule has 1 aromatic carbocycles. The van der Waals surface area contributed by atoms with E-state index in [9.17, 15) is 9.59 Å². The lowest BCUT2D eigenvalue weighted by atomic mass is 9.99. The van der Waals surface area contributed by atoms with E-state index in [1.54, 1.807) is 24.3 Å². The molecule has 0 spiro atoms. The van der Waals surface area contributed by atoms with E-state index < -0.39 is 0 Å². The van der Waals surface area contributed by atoms with Gasteiger partial charge < -0.3 is 10.6 Å². The molecule has 2 rings (SSSR count). The third kappa shape index (κ3) is 3.56. The zero-order chi connectivity index (χ0) is 14.0. The highest BCUT2D eigenvalue weighted by molar-refractivity contribution is 5.96. The first kappa shape index (κ1) is 13.6. The van der Waals surface area contributed by atoms with Crippen LogP contribution in [0.15, 0.2) is 24.3 Å². The van der Waals surface area contributed by atoms with Crippen molar-refractivity contribution in [1.29, 1.82) is 0 Å². The summed E-state index contributed by atoms with van der Waals surface area (Å²) >= 11 is 0. The molecule has 2 amide bonds. The number of rotatable bonds is 4. The molecule has 0 saturated heterocycles. The summed E-state index contributed by atoms with van der Waals surface area (Å²) in [5.74, 6) is 0.559. The van der Waals surface area contributed by atoms with Crippen molar-refractivity contribution >= 4 is 17.5 Å². The van der Waals surface area contributed by atoms with Crippen molar-refractivity contribution < 1.29 is 9.59 Å². The van der Waals surface area contributed by atoms with Gasteiger partial charge in [-0.15, -0.1) is 0 Å². The van der Waals surface area contributed by atoms with Crippen LogP contribution in [0.2, 0.25) is 0 Å². The highest BCUT2D eigenvalue weighted by Crippen LogP contribution is 2.39. The number of ketones is 1. The van der Waals surface area contributed by atoms with E-state index in [0.717, 1.165) is 0 Å². The lowest BCUT2D eigenvalue weighted by molar-refractivity contribution is 0.101. The number of amides is 2. The summed E-state index contributed by atoms with van der Waals surface area (Å²) < 4.78 is 0. The Morgan fingerprint density at radius 3 is 2.53 bits per heavy atom. The van der Waals surface area contributed by atoms with Gasteiger partial charge in [0.05, 0.1) is 0 Å². The summed E-state index contributed by atoms with van der Waals surface area (Å²) in [7, 11) is 0. The van der Waals surface area contributed by atoms with Gasteiger partial charge in [0.1, 0.15) is 0 Å². The molecule has 4 nitrogen and oxygen atoms in total. The van der Waals surface area contributed by atoms with Gasteiger partial charge in [-0.1, -0.05) is 12.1 Å². The molecule has 1 aliphatic rings. The van der Waals surface area contributed by atoms with E-state index in [4.69, 9.17) is 0 Å². The molecule has 102 valence electrons. The van der Waals surface area contributed by atoms with Gasteiger partial charge in [-0.25, -0.2) is 4.79 Å². The summed E-state index contributed by atoms with van der Waals surface area (Å²) in [6.07, 6.45) is 2.35. The first-order chi connectivity index (χ1) is 8.88. The minimum absolute atomic E-state index is 0.0117. The van der Waals surface area contributed by atoms with E-state index >= 15 is 0 Å². The van der Waals surface area contributed by atoms with E-state index in [-0.39, 0.29) is 17.4 Å². The predicted octanol–water partition coefficient (Wildman–Crippen LogP) is 3.20. The van der Waals surface area contributed by atoms with Crippen LogP contribution in [0, 0.1) is 5.92 Å². The number of nitrogens with one attached hydrogen (secondary N) is 2. The third-order valence-electron chi connectivity index (χ3n) is 3.56. The maximum Gasteiger partial charge on any atom is 0.319 e. The van der Waals surface area contributed by atoms with E-state index in [1.807, 2.05) is 13.8 Å². The molecule has 0 aliphatic heterocycles. The predicted molar refractivity (Wildman–Crippen MR) is 75.4 cm³/mol. The van der Waals surface area contributed by atoms with Crippen LogP contribution in [0.4, 0.5) is 10.5 Å². The molecule has 1 aliphatic carbocycles. The Kier molecular flexibility index (Phi) is 3.60. The second-order valence-corrected chi connectivity index (χ2v) is 5.71. The Balaban J connectivity index is 1.98. The van der Waals surface area contributed by atoms with Gasteiger partial charge in [-0.3, -0.25) is 4.79 Å². The van der Waals surface area contributed by atoms with E-state index in [1.165, 1.54) is 19.8 Å².